The molecule has 0 bridgehead atoms. The molecule has 5 aliphatic carbocycles. The lowest BCUT2D eigenvalue weighted by Crippen LogP contribution is -2.48. The standard InChI is InChI=1S/C36H30N4S/c1-5-17-29(18-6-1)37-33-25-13-14-26-34(33)38(30-19-7-2-8-20-30)41(37)39(31-21-9-3-10-22-31)35-27-15-16-28-36(35)40(41)32-23-11-4-12-24-32/h1-5,7,9,11,13-17,19,21,23,25-28,33-34H,6,10,18,22H2. The van der Waals surface area contributed by atoms with Crippen LogP contribution in [0.3, 0.4) is 0 Å². The molecular weight excluding hydrogens is 520 g/mol. The molecule has 0 saturated carbocycles. The normalized spacial score (nSPS) is 29.6. The Bertz CT molecular complexity index is 1780. The van der Waals surface area contributed by atoms with E-state index in [1.54, 1.807) is 0 Å². The molecular formula is C36H30N4S. The summed E-state index contributed by atoms with van der Waals surface area (Å²) >= 11 is 0. The van der Waals surface area contributed by atoms with Crippen molar-refractivity contribution in [3.05, 3.63) is 167 Å². The molecule has 0 N–H and O–H groups in total. The Labute approximate surface area is 243 Å². The van der Waals surface area contributed by atoms with Crippen molar-refractivity contribution in [1.29, 1.82) is 0 Å². The number of fused-ring (bicyclic) bond motifs is 2. The summed E-state index contributed by atoms with van der Waals surface area (Å²) in [6, 6.07) is 9.12. The van der Waals surface area contributed by atoms with Gasteiger partial charge in [0.25, 0.3) is 0 Å². The lowest BCUT2D eigenvalue weighted by Gasteiger charge is -2.58. The van der Waals surface area contributed by atoms with E-state index in [1.165, 1.54) is 22.8 Å². The molecule has 0 aromatic heterocycles. The summed E-state index contributed by atoms with van der Waals surface area (Å²) in [5, 5.41) is 0. The van der Waals surface area contributed by atoms with Crippen LogP contribution < -0.4 is 8.61 Å². The first kappa shape index (κ1) is 24.1. The molecule has 200 valence electrons. The van der Waals surface area contributed by atoms with Crippen molar-refractivity contribution in [1.82, 2.24) is 8.61 Å². The Hall–Kier alpha value is -4.71. The van der Waals surface area contributed by atoms with Gasteiger partial charge in [0.05, 0.1) is 34.2 Å². The minimum Gasteiger partial charge on any atom is -0.281 e. The van der Waals surface area contributed by atoms with Crippen LogP contribution in [0.2, 0.25) is 0 Å². The predicted molar refractivity (Wildman–Crippen MR) is 170 cm³/mol. The first-order chi connectivity index (χ1) is 20.4. The summed E-state index contributed by atoms with van der Waals surface area (Å²) in [7, 11) is -2.21. The van der Waals surface area contributed by atoms with Gasteiger partial charge in [0.15, 0.2) is 0 Å². The fourth-order valence-electron chi connectivity index (χ4n) is 6.63. The van der Waals surface area contributed by atoms with Gasteiger partial charge in [-0.15, -0.1) is 0 Å². The molecule has 3 unspecified atom stereocenters. The molecule has 1 aromatic rings. The zero-order valence-corrected chi connectivity index (χ0v) is 23.5. The zero-order chi connectivity index (χ0) is 27.2. The Morgan fingerprint density at radius 3 is 1.85 bits per heavy atom. The topological polar surface area (TPSA) is 13.0 Å². The summed E-state index contributed by atoms with van der Waals surface area (Å²) in [4.78, 5) is 0. The van der Waals surface area contributed by atoms with Gasteiger partial charge in [-0.1, -0.05) is 84.4 Å². The minimum atomic E-state index is -2.21. The first-order valence-corrected chi connectivity index (χ1v) is 15.8. The molecule has 5 heteroatoms. The summed E-state index contributed by atoms with van der Waals surface area (Å²) in [6.45, 7) is 0. The van der Waals surface area contributed by atoms with Crippen LogP contribution in [-0.4, -0.2) is 20.7 Å². The fraction of sp³-hybridized carbons (Fsp3) is 0.167. The molecule has 1 spiro atoms. The Kier molecular flexibility index (Phi) is 5.73. The highest BCUT2D eigenvalue weighted by molar-refractivity contribution is 8.33. The predicted octanol–water partition coefficient (Wildman–Crippen LogP) is 8.25. The van der Waals surface area contributed by atoms with E-state index < -0.39 is 10.8 Å². The summed E-state index contributed by atoms with van der Waals surface area (Å²) in [5.41, 5.74) is 20.8. The third kappa shape index (κ3) is 3.53. The maximum absolute atomic E-state index is 3.54. The summed E-state index contributed by atoms with van der Waals surface area (Å²) in [6.07, 6.45) is 39.3. The minimum absolute atomic E-state index is 0.0978. The van der Waals surface area contributed by atoms with Gasteiger partial charge in [0.1, 0.15) is 11.4 Å². The highest BCUT2D eigenvalue weighted by atomic mass is 32.3. The second-order valence-electron chi connectivity index (χ2n) is 10.6. The second-order valence-corrected chi connectivity index (χ2v) is 13.1. The molecule has 1 aromatic carbocycles. The highest BCUT2D eigenvalue weighted by Gasteiger charge is 2.65. The largest absolute Gasteiger partial charge is 0.281 e. The van der Waals surface area contributed by atoms with Gasteiger partial charge in [-0.3, -0.25) is 12.9 Å². The van der Waals surface area contributed by atoms with Gasteiger partial charge in [0.2, 0.25) is 0 Å². The van der Waals surface area contributed by atoms with E-state index in [2.05, 4.69) is 149 Å². The molecule has 2 aliphatic heterocycles. The molecule has 3 atom stereocenters. The number of nitrogens with zero attached hydrogens (tertiary/aromatic N) is 4. The molecule has 2 heterocycles. The van der Waals surface area contributed by atoms with Crippen molar-refractivity contribution in [3.8, 4) is 0 Å². The van der Waals surface area contributed by atoms with E-state index in [1.807, 2.05) is 12.2 Å². The van der Waals surface area contributed by atoms with E-state index in [4.69, 9.17) is 0 Å². The maximum atomic E-state index is 3.54. The lowest BCUT2D eigenvalue weighted by molar-refractivity contribution is 0.404. The van der Waals surface area contributed by atoms with Gasteiger partial charge < -0.3 is 0 Å². The quantitative estimate of drug-likeness (QED) is 0.350. The molecule has 8 rings (SSSR count). The second kappa shape index (κ2) is 9.73. The molecule has 7 aliphatic rings. The zero-order valence-electron chi connectivity index (χ0n) is 22.7. The van der Waals surface area contributed by atoms with Crippen LogP contribution >= 0.6 is 10.8 Å². The lowest BCUT2D eigenvalue weighted by atomic mass is 10.0. The van der Waals surface area contributed by atoms with E-state index >= 15 is 0 Å². The van der Waals surface area contributed by atoms with Crippen LogP contribution in [0.1, 0.15) is 25.7 Å². The molecule has 1 saturated heterocycles. The number of allylic oxidation sites excluding steroid dienone is 16. The average Bonchev–Trinajstić information content (AvgIpc) is 3.51. The molecule has 1 fully saturated rings. The number of hydrogen-bond donors (Lipinski definition) is 0. The molecule has 0 amide bonds. The van der Waals surface area contributed by atoms with Gasteiger partial charge >= 0.3 is 0 Å². The van der Waals surface area contributed by atoms with Crippen LogP contribution in [0.25, 0.3) is 0 Å². The Morgan fingerprint density at radius 2 is 1.24 bits per heavy atom. The third-order valence-corrected chi connectivity index (χ3v) is 12.0. The monoisotopic (exact) mass is 550 g/mol. The molecule has 4 nitrogen and oxygen atoms in total. The van der Waals surface area contributed by atoms with E-state index in [0.717, 1.165) is 37.1 Å². The number of para-hydroxylation sites is 2. The van der Waals surface area contributed by atoms with Crippen LogP contribution in [0.5, 0.6) is 0 Å². The fourth-order valence-corrected chi connectivity index (χ4v) is 11.2. The SMILES string of the molecule is C1=C=C(N2c3ccccc3N(C3=CC=CCC3)S23N(C2=C=C=CC=C2)C2C=CC=CC2N3C2=CC=CCC2)C=CC=1. The van der Waals surface area contributed by atoms with Gasteiger partial charge in [-0.05, 0) is 85.7 Å². The van der Waals surface area contributed by atoms with Crippen molar-refractivity contribution in [2.45, 2.75) is 37.8 Å². The first-order valence-electron chi connectivity index (χ1n) is 14.3. The smallest absolute Gasteiger partial charge is 0.106 e. The Morgan fingerprint density at radius 1 is 0.634 bits per heavy atom. The van der Waals surface area contributed by atoms with Crippen molar-refractivity contribution in [3.63, 3.8) is 0 Å². The van der Waals surface area contributed by atoms with E-state index in [0.29, 0.717) is 0 Å². The molecule has 0 radical (unpaired) electrons. The highest BCUT2D eigenvalue weighted by Crippen LogP contribution is 2.78. The summed E-state index contributed by atoms with van der Waals surface area (Å²) in [5.74, 6) is 0. The average molecular weight is 551 g/mol. The molecule has 41 heavy (non-hydrogen) atoms. The van der Waals surface area contributed by atoms with Crippen LogP contribution in [0.4, 0.5) is 11.4 Å². The van der Waals surface area contributed by atoms with Crippen LogP contribution in [-0.2, 0) is 0 Å². The third-order valence-electron chi connectivity index (χ3n) is 8.21. The number of anilines is 2. The van der Waals surface area contributed by atoms with E-state index in [9.17, 15) is 0 Å². The van der Waals surface area contributed by atoms with Crippen molar-refractivity contribution >= 4 is 22.1 Å². The van der Waals surface area contributed by atoms with Crippen molar-refractivity contribution in [2.75, 3.05) is 8.61 Å². The van der Waals surface area contributed by atoms with Crippen molar-refractivity contribution < 1.29 is 0 Å². The van der Waals surface area contributed by atoms with Crippen molar-refractivity contribution in [2.24, 2.45) is 0 Å². The maximum Gasteiger partial charge on any atom is 0.106 e. The number of rotatable bonds is 4. The van der Waals surface area contributed by atoms with Gasteiger partial charge in [-0.2, -0.15) is 0 Å². The summed E-state index contributed by atoms with van der Waals surface area (Å²) < 4.78 is 10.6. The van der Waals surface area contributed by atoms with Crippen LogP contribution in [0, 0.1) is 0 Å². The number of hydrogen-bond acceptors (Lipinski definition) is 4. The van der Waals surface area contributed by atoms with E-state index in [-0.39, 0.29) is 12.1 Å². The van der Waals surface area contributed by atoms with Gasteiger partial charge in [0, 0.05) is 11.4 Å². The Balaban J connectivity index is 1.53. The van der Waals surface area contributed by atoms with Crippen LogP contribution in [0.15, 0.2) is 167 Å². The van der Waals surface area contributed by atoms with Gasteiger partial charge in [-0.25, -0.2) is 4.31 Å². The number of benzene rings is 1.